The number of carbonyl (C=O) groups is 1. The maximum absolute atomic E-state index is 12.0. The molecular formula is C15H15ClN2O. The van der Waals surface area contributed by atoms with Crippen molar-refractivity contribution in [3.63, 3.8) is 0 Å². The van der Waals surface area contributed by atoms with Crippen LogP contribution in [0, 0.1) is 13.8 Å². The molecule has 4 heteroatoms. The van der Waals surface area contributed by atoms with Crippen LogP contribution in [-0.4, -0.2) is 10.9 Å². The second-order valence-electron chi connectivity index (χ2n) is 4.61. The van der Waals surface area contributed by atoms with Crippen LogP contribution in [0.4, 0.5) is 5.69 Å². The Kier molecular flexibility index (Phi) is 3.49. The number of benzene rings is 1. The summed E-state index contributed by atoms with van der Waals surface area (Å²) < 4.78 is 0. The minimum atomic E-state index is -0.0390. The van der Waals surface area contributed by atoms with Crippen LogP contribution in [0.1, 0.15) is 23.9 Å². The van der Waals surface area contributed by atoms with Gasteiger partial charge in [-0.3, -0.25) is 4.79 Å². The molecule has 0 aliphatic carbocycles. The number of amides is 1. The summed E-state index contributed by atoms with van der Waals surface area (Å²) in [6.07, 6.45) is 1.92. The zero-order valence-corrected chi connectivity index (χ0v) is 11.5. The first-order valence-electron chi connectivity index (χ1n) is 5.94. The summed E-state index contributed by atoms with van der Waals surface area (Å²) in [6, 6.07) is 9.82. The minimum absolute atomic E-state index is 0. The van der Waals surface area contributed by atoms with Gasteiger partial charge < -0.3 is 22.7 Å². The molecule has 0 spiro atoms. The smallest absolute Gasteiger partial charge is 1.00 e. The third-order valence-corrected chi connectivity index (χ3v) is 3.19. The van der Waals surface area contributed by atoms with Crippen molar-refractivity contribution in [1.82, 2.24) is 4.98 Å². The van der Waals surface area contributed by atoms with E-state index in [-0.39, 0.29) is 19.7 Å². The molecule has 0 unspecified atom stereocenters. The number of para-hydroxylation sites is 1. The summed E-state index contributed by atoms with van der Waals surface area (Å²) in [5.74, 6) is -0.0390. The third kappa shape index (κ3) is 2.29. The third-order valence-electron chi connectivity index (χ3n) is 3.19. The number of halogens is 1. The molecule has 0 radical (unpaired) electrons. The molecule has 2 aromatic rings. The van der Waals surface area contributed by atoms with Gasteiger partial charge >= 0.3 is 1.43 Å². The van der Waals surface area contributed by atoms with Crippen LogP contribution in [0.25, 0.3) is 11.6 Å². The number of hydrogen-bond donors (Lipinski definition) is 2. The summed E-state index contributed by atoms with van der Waals surface area (Å²) in [5.41, 5.74) is 5.82. The van der Waals surface area contributed by atoms with Crippen molar-refractivity contribution < 1.29 is 18.6 Å². The van der Waals surface area contributed by atoms with Crippen LogP contribution in [0.3, 0.4) is 0 Å². The van der Waals surface area contributed by atoms with Gasteiger partial charge in [0.05, 0.1) is 5.57 Å². The first kappa shape index (κ1) is 13.4. The first-order valence-corrected chi connectivity index (χ1v) is 5.94. The van der Waals surface area contributed by atoms with Crippen molar-refractivity contribution >= 4 is 23.2 Å². The van der Waals surface area contributed by atoms with Crippen LogP contribution < -0.4 is 17.7 Å². The highest BCUT2D eigenvalue weighted by molar-refractivity contribution is 6.34. The second-order valence-corrected chi connectivity index (χ2v) is 4.61. The largest absolute Gasteiger partial charge is 1.00 e. The summed E-state index contributed by atoms with van der Waals surface area (Å²) in [4.78, 5) is 15.2. The summed E-state index contributed by atoms with van der Waals surface area (Å²) in [5, 5.41) is 2.87. The number of hydrogen-bond acceptors (Lipinski definition) is 1. The summed E-state index contributed by atoms with van der Waals surface area (Å²) in [7, 11) is 0. The van der Waals surface area contributed by atoms with Crippen LogP contribution in [0.5, 0.6) is 0 Å². The van der Waals surface area contributed by atoms with E-state index in [1.165, 1.54) is 0 Å². The molecule has 1 amide bonds. The Morgan fingerprint density at radius 2 is 1.95 bits per heavy atom. The molecule has 0 saturated heterocycles. The number of nitrogens with one attached hydrogen (secondary N) is 2. The molecule has 0 bridgehead atoms. The van der Waals surface area contributed by atoms with E-state index in [1.807, 2.05) is 44.2 Å². The van der Waals surface area contributed by atoms with Gasteiger partial charge in [-0.25, -0.2) is 0 Å². The van der Waals surface area contributed by atoms with Crippen LogP contribution in [0.2, 0.25) is 0 Å². The van der Waals surface area contributed by atoms with E-state index >= 15 is 0 Å². The van der Waals surface area contributed by atoms with Crippen LogP contribution in [-0.2, 0) is 4.79 Å². The highest BCUT2D eigenvalue weighted by atomic mass is 35.5. The van der Waals surface area contributed by atoms with Crippen molar-refractivity contribution in [3.8, 4) is 0 Å². The quantitative estimate of drug-likeness (QED) is 0.719. The van der Waals surface area contributed by atoms with E-state index in [0.29, 0.717) is 0 Å². The van der Waals surface area contributed by atoms with Gasteiger partial charge in [-0.1, -0.05) is 18.2 Å². The number of aromatic nitrogens is 1. The monoisotopic (exact) mass is 274 g/mol. The lowest BCUT2D eigenvalue weighted by molar-refractivity contribution is -0.110. The Morgan fingerprint density at radius 1 is 1.21 bits per heavy atom. The zero-order chi connectivity index (χ0) is 12.7. The molecule has 3 nitrogen and oxygen atoms in total. The number of rotatable bonds is 1. The molecule has 2 heterocycles. The van der Waals surface area contributed by atoms with Crippen molar-refractivity contribution in [1.29, 1.82) is 0 Å². The maximum atomic E-state index is 12.0. The van der Waals surface area contributed by atoms with Gasteiger partial charge in [-0.2, -0.15) is 0 Å². The lowest BCUT2D eigenvalue weighted by Crippen LogP contribution is -3.00. The molecule has 1 aliphatic heterocycles. The second kappa shape index (κ2) is 4.94. The Morgan fingerprint density at radius 3 is 2.63 bits per heavy atom. The summed E-state index contributed by atoms with van der Waals surface area (Å²) in [6.45, 7) is 4.05. The topological polar surface area (TPSA) is 44.9 Å². The van der Waals surface area contributed by atoms with Crippen molar-refractivity contribution in [2.75, 3.05) is 5.32 Å². The van der Waals surface area contributed by atoms with Crippen LogP contribution >= 0.6 is 0 Å². The first-order chi connectivity index (χ1) is 8.65. The molecule has 0 fully saturated rings. The van der Waals surface area contributed by atoms with E-state index in [2.05, 4.69) is 16.4 Å². The number of anilines is 1. The average Bonchev–Trinajstić information content (AvgIpc) is 2.81. The predicted octanol–water partition coefficient (Wildman–Crippen LogP) is 0.241. The normalized spacial score (nSPS) is 15.1. The number of fused-ring (bicyclic) bond motifs is 1. The van der Waals surface area contributed by atoms with Gasteiger partial charge in [0.15, 0.2) is 0 Å². The van der Waals surface area contributed by atoms with E-state index in [9.17, 15) is 4.79 Å². The maximum Gasteiger partial charge on any atom is 1.00 e. The lowest BCUT2D eigenvalue weighted by atomic mass is 10.1. The fraction of sp³-hybridized carbons (Fsp3) is 0.133. The minimum Gasteiger partial charge on any atom is -1.00 e. The Bertz CT molecular complexity index is 676. The number of carbonyl (C=O) groups excluding carboxylic acids is 1. The zero-order valence-electron chi connectivity index (χ0n) is 11.8. The van der Waals surface area contributed by atoms with E-state index in [0.717, 1.165) is 33.8 Å². The molecule has 1 aromatic carbocycles. The molecule has 3 rings (SSSR count). The molecule has 19 heavy (non-hydrogen) atoms. The van der Waals surface area contributed by atoms with Gasteiger partial charge in [-0.05, 0) is 37.6 Å². The SMILES string of the molecule is Cc1cc(C)c(/C=C2\C(=O)Nc3ccccc32)[nH]1.[Cl-].[H+]. The Balaban J connectivity index is 0.000001000. The Hall–Kier alpha value is -2.00. The summed E-state index contributed by atoms with van der Waals surface area (Å²) >= 11 is 0. The highest BCUT2D eigenvalue weighted by Crippen LogP contribution is 2.32. The highest BCUT2D eigenvalue weighted by Gasteiger charge is 2.23. The van der Waals surface area contributed by atoms with E-state index in [1.54, 1.807) is 0 Å². The molecule has 98 valence electrons. The fourth-order valence-electron chi connectivity index (χ4n) is 2.33. The van der Waals surface area contributed by atoms with Crippen LogP contribution in [0.15, 0.2) is 30.3 Å². The fourth-order valence-corrected chi connectivity index (χ4v) is 2.33. The number of aryl methyl sites for hydroxylation is 2. The molecule has 0 saturated carbocycles. The van der Waals surface area contributed by atoms with Gasteiger partial charge in [0, 0.05) is 22.6 Å². The predicted molar refractivity (Wildman–Crippen MR) is 74.3 cm³/mol. The van der Waals surface area contributed by atoms with E-state index in [4.69, 9.17) is 0 Å². The number of aromatic amines is 1. The molecule has 0 atom stereocenters. The van der Waals surface area contributed by atoms with Crippen molar-refractivity contribution in [2.45, 2.75) is 13.8 Å². The lowest BCUT2D eigenvalue weighted by Gasteiger charge is -1.97. The Labute approximate surface area is 119 Å². The van der Waals surface area contributed by atoms with Gasteiger partial charge in [0.25, 0.3) is 5.91 Å². The van der Waals surface area contributed by atoms with E-state index < -0.39 is 0 Å². The van der Waals surface area contributed by atoms with Crippen molar-refractivity contribution in [2.24, 2.45) is 0 Å². The van der Waals surface area contributed by atoms with Crippen molar-refractivity contribution in [3.05, 3.63) is 52.8 Å². The van der Waals surface area contributed by atoms with Gasteiger partial charge in [-0.15, -0.1) is 0 Å². The standard InChI is InChI=1S/C15H14N2O.ClH/c1-9-7-10(2)16-14(9)8-12-11-5-3-4-6-13(11)17-15(12)18;/h3-8,16H,1-2H3,(H,17,18);1H/b12-8-;. The molecule has 1 aromatic heterocycles. The number of H-pyrrole nitrogens is 1. The van der Waals surface area contributed by atoms with Gasteiger partial charge in [0.2, 0.25) is 0 Å². The average molecular weight is 275 g/mol. The molecular weight excluding hydrogens is 260 g/mol. The van der Waals surface area contributed by atoms with Gasteiger partial charge in [0.1, 0.15) is 0 Å². The molecule has 1 aliphatic rings. The molecule has 2 N–H and O–H groups in total.